The molecule has 5 rings (SSSR count). The van der Waals surface area contributed by atoms with E-state index in [1.54, 1.807) is 4.90 Å². The first-order valence-corrected chi connectivity index (χ1v) is 10.1. The minimum Gasteiger partial charge on any atom is -0.509 e. The van der Waals surface area contributed by atoms with Crippen LogP contribution in [-0.4, -0.2) is 27.0 Å². The third kappa shape index (κ3) is 3.32. The fraction of sp³-hybridized carbons (Fsp3) is 0.120. The lowest BCUT2D eigenvalue weighted by atomic mass is 10.2. The van der Waals surface area contributed by atoms with Crippen molar-refractivity contribution in [1.82, 2.24) is 9.55 Å². The molecule has 1 aliphatic heterocycles. The van der Waals surface area contributed by atoms with Gasteiger partial charge in [0, 0.05) is 12.7 Å². The number of fused-ring (bicyclic) bond motifs is 1. The van der Waals surface area contributed by atoms with Crippen molar-refractivity contribution in [1.29, 1.82) is 5.41 Å². The van der Waals surface area contributed by atoms with E-state index in [1.165, 1.54) is 0 Å². The first-order valence-electron chi connectivity index (χ1n) is 10.1. The molecule has 0 saturated heterocycles. The Morgan fingerprint density at radius 3 is 2.42 bits per heavy atom. The van der Waals surface area contributed by atoms with Crippen molar-refractivity contribution < 1.29 is 9.84 Å². The molecule has 2 heterocycles. The van der Waals surface area contributed by atoms with Crippen LogP contribution in [0.15, 0.2) is 78.6 Å². The monoisotopic (exact) mass is 410 g/mol. The summed E-state index contributed by atoms with van der Waals surface area (Å²) < 4.78 is 7.77. The Kier molecular flexibility index (Phi) is 4.47. The van der Waals surface area contributed by atoms with Crippen molar-refractivity contribution in [3.8, 4) is 11.5 Å². The van der Waals surface area contributed by atoms with Gasteiger partial charge < -0.3 is 19.3 Å². The Balaban J connectivity index is 1.41. The van der Waals surface area contributed by atoms with E-state index in [2.05, 4.69) is 0 Å². The van der Waals surface area contributed by atoms with Crippen molar-refractivity contribution >= 4 is 28.1 Å². The van der Waals surface area contributed by atoms with Crippen LogP contribution in [0.3, 0.4) is 0 Å². The van der Waals surface area contributed by atoms with Gasteiger partial charge in [-0.25, -0.2) is 4.98 Å². The molecule has 0 radical (unpaired) electrons. The third-order valence-corrected chi connectivity index (χ3v) is 5.49. The Bertz CT molecular complexity index is 1320. The first-order chi connectivity index (χ1) is 15.0. The van der Waals surface area contributed by atoms with Crippen molar-refractivity contribution in [2.24, 2.45) is 7.05 Å². The number of benzene rings is 3. The highest BCUT2D eigenvalue weighted by Crippen LogP contribution is 2.33. The molecule has 2 N–H and O–H groups in total. The molecule has 0 fully saturated rings. The normalized spacial score (nSPS) is 14.0. The molecule has 0 spiro atoms. The smallest absolute Gasteiger partial charge is 0.148 e. The van der Waals surface area contributed by atoms with E-state index < -0.39 is 0 Å². The molecule has 154 valence electrons. The van der Waals surface area contributed by atoms with E-state index in [4.69, 9.17) is 15.1 Å². The molecule has 6 heteroatoms. The van der Waals surface area contributed by atoms with Gasteiger partial charge in [-0.15, -0.1) is 0 Å². The van der Waals surface area contributed by atoms with Gasteiger partial charge in [0.1, 0.15) is 28.9 Å². The predicted molar refractivity (Wildman–Crippen MR) is 123 cm³/mol. The number of hydrogen-bond donors (Lipinski definition) is 2. The Labute approximate surface area is 180 Å². The van der Waals surface area contributed by atoms with Crippen molar-refractivity contribution in [2.75, 3.05) is 11.4 Å². The molecule has 0 unspecified atom stereocenters. The second kappa shape index (κ2) is 7.32. The van der Waals surface area contributed by atoms with Crippen LogP contribution in [0, 0.1) is 12.3 Å². The zero-order valence-electron chi connectivity index (χ0n) is 17.3. The summed E-state index contributed by atoms with van der Waals surface area (Å²) in [6.45, 7) is 2.25. The Morgan fingerprint density at radius 1 is 0.968 bits per heavy atom. The topological polar surface area (TPSA) is 74.4 Å². The fourth-order valence-electron chi connectivity index (χ4n) is 3.89. The maximum Gasteiger partial charge on any atom is 0.148 e. The van der Waals surface area contributed by atoms with Crippen LogP contribution in [0.25, 0.3) is 16.6 Å². The number of amidine groups is 1. The number of aromatic nitrogens is 2. The number of aliphatic hydroxyl groups excluding tert-OH is 1. The number of para-hydroxylation sites is 1. The number of aliphatic hydroxyl groups is 1. The maximum atomic E-state index is 10.7. The second-order valence-corrected chi connectivity index (χ2v) is 7.65. The number of imidazole rings is 1. The zero-order valence-corrected chi connectivity index (χ0v) is 17.3. The summed E-state index contributed by atoms with van der Waals surface area (Å²) >= 11 is 0. The summed E-state index contributed by atoms with van der Waals surface area (Å²) in [6, 6.07) is 23.2. The molecule has 3 aromatic carbocycles. The Hall–Kier alpha value is -4.06. The molecule has 1 aromatic heterocycles. The second-order valence-electron chi connectivity index (χ2n) is 7.65. The molecular weight excluding hydrogens is 388 g/mol. The minimum absolute atomic E-state index is 0.143. The number of nitrogens with zero attached hydrogens (tertiary/aromatic N) is 3. The van der Waals surface area contributed by atoms with E-state index in [1.807, 2.05) is 91.3 Å². The van der Waals surface area contributed by atoms with E-state index in [0.717, 1.165) is 28.0 Å². The zero-order chi connectivity index (χ0) is 21.5. The van der Waals surface area contributed by atoms with Crippen molar-refractivity contribution in [3.63, 3.8) is 0 Å². The van der Waals surface area contributed by atoms with Crippen LogP contribution in [0.2, 0.25) is 0 Å². The van der Waals surface area contributed by atoms with Gasteiger partial charge >= 0.3 is 0 Å². The van der Waals surface area contributed by atoms with Gasteiger partial charge in [-0.05, 0) is 61.0 Å². The lowest BCUT2D eigenvalue weighted by Crippen LogP contribution is -2.26. The van der Waals surface area contributed by atoms with E-state index in [9.17, 15) is 5.11 Å². The van der Waals surface area contributed by atoms with Crippen LogP contribution in [0.5, 0.6) is 11.5 Å². The SMILES string of the molecule is Cc1ccc2c(c1)nc(C1=C(O)CN(c3ccc(Oc4ccccc4)cc3)C1=N)n2C. The van der Waals surface area contributed by atoms with Gasteiger partial charge in [0.15, 0.2) is 0 Å². The third-order valence-electron chi connectivity index (χ3n) is 5.49. The average molecular weight is 410 g/mol. The quantitative estimate of drug-likeness (QED) is 0.470. The van der Waals surface area contributed by atoms with Gasteiger partial charge in [0.2, 0.25) is 0 Å². The van der Waals surface area contributed by atoms with E-state index >= 15 is 0 Å². The number of ether oxygens (including phenoxy) is 1. The van der Waals surface area contributed by atoms with Gasteiger partial charge in [-0.1, -0.05) is 24.3 Å². The van der Waals surface area contributed by atoms with E-state index in [-0.39, 0.29) is 18.1 Å². The molecular formula is C25H22N4O2. The number of aryl methyl sites for hydroxylation is 2. The molecule has 0 atom stereocenters. The summed E-state index contributed by atoms with van der Waals surface area (Å²) in [4.78, 5) is 6.47. The van der Waals surface area contributed by atoms with Gasteiger partial charge in [-0.2, -0.15) is 0 Å². The standard InChI is InChI=1S/C25H22N4O2/c1-16-8-13-21-20(14-16)27-25(28(21)2)23-22(30)15-29(24(23)26)17-9-11-19(12-10-17)31-18-6-4-3-5-7-18/h3-14,26,30H,15H2,1-2H3. The number of hydrogen-bond acceptors (Lipinski definition) is 4. The molecule has 31 heavy (non-hydrogen) atoms. The van der Waals surface area contributed by atoms with E-state index in [0.29, 0.717) is 17.1 Å². The summed E-state index contributed by atoms with van der Waals surface area (Å²) in [5.41, 5.74) is 4.21. The number of anilines is 1. The molecule has 1 aliphatic rings. The summed E-state index contributed by atoms with van der Waals surface area (Å²) in [5, 5.41) is 19.5. The minimum atomic E-state index is 0.143. The first kappa shape index (κ1) is 18.9. The highest BCUT2D eigenvalue weighted by atomic mass is 16.5. The van der Waals surface area contributed by atoms with Crippen LogP contribution >= 0.6 is 0 Å². The highest BCUT2D eigenvalue weighted by molar-refractivity contribution is 6.30. The number of nitrogens with one attached hydrogen (secondary N) is 1. The molecule has 0 bridgehead atoms. The van der Waals surface area contributed by atoms with Crippen LogP contribution in [-0.2, 0) is 7.05 Å². The summed E-state index contributed by atoms with van der Waals surface area (Å²) in [6.07, 6.45) is 0. The molecule has 6 nitrogen and oxygen atoms in total. The number of rotatable bonds is 4. The van der Waals surface area contributed by atoms with Gasteiger partial charge in [0.25, 0.3) is 0 Å². The van der Waals surface area contributed by atoms with Crippen LogP contribution in [0.4, 0.5) is 5.69 Å². The van der Waals surface area contributed by atoms with Crippen LogP contribution in [0.1, 0.15) is 11.4 Å². The predicted octanol–water partition coefficient (Wildman–Crippen LogP) is 5.44. The molecule has 0 saturated carbocycles. The summed E-state index contributed by atoms with van der Waals surface area (Å²) in [7, 11) is 1.91. The lowest BCUT2D eigenvalue weighted by Gasteiger charge is -2.19. The van der Waals surface area contributed by atoms with Gasteiger partial charge in [-0.3, -0.25) is 5.41 Å². The molecule has 0 aliphatic carbocycles. The fourth-order valence-corrected chi connectivity index (χ4v) is 3.89. The Morgan fingerprint density at radius 2 is 1.68 bits per heavy atom. The van der Waals surface area contributed by atoms with Gasteiger partial charge in [0.05, 0.1) is 23.2 Å². The lowest BCUT2D eigenvalue weighted by molar-refractivity contribution is 0.411. The summed E-state index contributed by atoms with van der Waals surface area (Å²) in [5.74, 6) is 2.44. The highest BCUT2D eigenvalue weighted by Gasteiger charge is 2.32. The largest absolute Gasteiger partial charge is 0.509 e. The average Bonchev–Trinajstić information content (AvgIpc) is 3.24. The molecule has 0 amide bonds. The molecule has 4 aromatic rings. The maximum absolute atomic E-state index is 10.7. The van der Waals surface area contributed by atoms with Crippen molar-refractivity contribution in [2.45, 2.75) is 6.92 Å². The van der Waals surface area contributed by atoms with Crippen LogP contribution < -0.4 is 9.64 Å². The van der Waals surface area contributed by atoms with Crippen molar-refractivity contribution in [3.05, 3.63) is 89.9 Å².